The van der Waals surface area contributed by atoms with Gasteiger partial charge in [-0.3, -0.25) is 4.90 Å². The summed E-state index contributed by atoms with van der Waals surface area (Å²) in [5.41, 5.74) is 2.63. The van der Waals surface area contributed by atoms with Crippen LogP contribution in [0.5, 0.6) is 0 Å². The van der Waals surface area contributed by atoms with Gasteiger partial charge < -0.3 is 5.11 Å². The molecule has 1 aliphatic rings. The second kappa shape index (κ2) is 4.03. The summed E-state index contributed by atoms with van der Waals surface area (Å²) in [4.78, 5) is 13.3. The minimum atomic E-state index is -0.815. The molecule has 0 fully saturated rings. The van der Waals surface area contributed by atoms with E-state index in [-0.39, 0.29) is 0 Å². The van der Waals surface area contributed by atoms with Gasteiger partial charge in [-0.05, 0) is 30.2 Å². The summed E-state index contributed by atoms with van der Waals surface area (Å²) >= 11 is 0. The molecule has 0 unspecified atom stereocenters. The zero-order valence-corrected chi connectivity index (χ0v) is 8.86. The average Bonchev–Trinajstić information content (AvgIpc) is 2.59. The van der Waals surface area contributed by atoms with Crippen LogP contribution in [0.4, 0.5) is 0 Å². The average molecular weight is 205 g/mol. The zero-order valence-electron chi connectivity index (χ0n) is 8.86. The maximum Gasteiger partial charge on any atom is 0.336 e. The molecule has 0 spiro atoms. The molecule has 0 bridgehead atoms. The Labute approximate surface area is 89.3 Å². The van der Waals surface area contributed by atoms with E-state index in [2.05, 4.69) is 11.8 Å². The number of carboxylic acids is 1. The summed E-state index contributed by atoms with van der Waals surface area (Å²) in [6.45, 7) is 4.85. The van der Waals surface area contributed by atoms with Crippen molar-refractivity contribution in [1.29, 1.82) is 0 Å². The summed E-state index contributed by atoms with van der Waals surface area (Å²) in [7, 11) is 0. The van der Waals surface area contributed by atoms with Crippen LogP contribution in [0.2, 0.25) is 0 Å². The Morgan fingerprint density at radius 2 is 2.27 bits per heavy atom. The van der Waals surface area contributed by atoms with E-state index in [1.54, 1.807) is 6.07 Å². The SMILES string of the molecule is CCCN1Cc2cccc(C(=O)O)c2C1. The molecule has 1 heterocycles. The van der Waals surface area contributed by atoms with Crippen LogP contribution in [-0.4, -0.2) is 22.5 Å². The Morgan fingerprint density at radius 3 is 2.93 bits per heavy atom. The molecular weight excluding hydrogens is 190 g/mol. The van der Waals surface area contributed by atoms with Gasteiger partial charge in [0.05, 0.1) is 5.56 Å². The van der Waals surface area contributed by atoms with Crippen molar-refractivity contribution >= 4 is 5.97 Å². The molecule has 1 aliphatic heterocycles. The number of carbonyl (C=O) groups is 1. The molecule has 0 amide bonds. The lowest BCUT2D eigenvalue weighted by atomic mass is 10.0. The predicted octanol–water partition coefficient (Wildman–Crippen LogP) is 2.11. The normalized spacial score (nSPS) is 15.3. The van der Waals surface area contributed by atoms with Gasteiger partial charge in [0.1, 0.15) is 0 Å². The van der Waals surface area contributed by atoms with Crippen molar-refractivity contribution in [2.24, 2.45) is 0 Å². The van der Waals surface area contributed by atoms with E-state index in [4.69, 9.17) is 5.11 Å². The molecule has 0 saturated carbocycles. The fourth-order valence-electron chi connectivity index (χ4n) is 2.16. The highest BCUT2D eigenvalue weighted by atomic mass is 16.4. The van der Waals surface area contributed by atoms with Gasteiger partial charge in [0.15, 0.2) is 0 Å². The summed E-state index contributed by atoms with van der Waals surface area (Å²) in [5.74, 6) is -0.815. The molecule has 0 aliphatic carbocycles. The van der Waals surface area contributed by atoms with Gasteiger partial charge in [-0.1, -0.05) is 19.1 Å². The Morgan fingerprint density at radius 1 is 1.47 bits per heavy atom. The molecule has 1 N–H and O–H groups in total. The number of hydrogen-bond acceptors (Lipinski definition) is 2. The lowest BCUT2D eigenvalue weighted by molar-refractivity contribution is 0.0695. The van der Waals surface area contributed by atoms with Gasteiger partial charge in [0.2, 0.25) is 0 Å². The monoisotopic (exact) mass is 205 g/mol. The Hall–Kier alpha value is -1.35. The third-order valence-electron chi connectivity index (χ3n) is 2.82. The number of rotatable bonds is 3. The Kier molecular flexibility index (Phi) is 2.73. The highest BCUT2D eigenvalue weighted by molar-refractivity contribution is 5.90. The molecule has 3 nitrogen and oxygen atoms in total. The van der Waals surface area contributed by atoms with E-state index >= 15 is 0 Å². The molecule has 80 valence electrons. The fourth-order valence-corrected chi connectivity index (χ4v) is 2.16. The number of benzene rings is 1. The van der Waals surface area contributed by atoms with Crippen LogP contribution in [0.1, 0.15) is 34.8 Å². The van der Waals surface area contributed by atoms with Crippen LogP contribution < -0.4 is 0 Å². The van der Waals surface area contributed by atoms with Crippen molar-refractivity contribution in [2.45, 2.75) is 26.4 Å². The highest BCUT2D eigenvalue weighted by Crippen LogP contribution is 2.25. The first-order valence-electron chi connectivity index (χ1n) is 5.28. The van der Waals surface area contributed by atoms with E-state index in [0.717, 1.165) is 31.6 Å². The van der Waals surface area contributed by atoms with Crippen LogP contribution in [0.15, 0.2) is 18.2 Å². The molecular formula is C12H15NO2. The van der Waals surface area contributed by atoms with Crippen LogP contribution in [0.3, 0.4) is 0 Å². The molecule has 3 heteroatoms. The van der Waals surface area contributed by atoms with Crippen LogP contribution >= 0.6 is 0 Å². The Bertz CT molecular complexity index is 387. The van der Waals surface area contributed by atoms with Crippen molar-refractivity contribution in [3.63, 3.8) is 0 Å². The molecule has 1 aromatic carbocycles. The van der Waals surface area contributed by atoms with Crippen molar-refractivity contribution in [3.8, 4) is 0 Å². The highest BCUT2D eigenvalue weighted by Gasteiger charge is 2.22. The van der Waals surface area contributed by atoms with Gasteiger partial charge in [-0.25, -0.2) is 4.79 Å². The second-order valence-electron chi connectivity index (χ2n) is 3.96. The molecule has 15 heavy (non-hydrogen) atoms. The van der Waals surface area contributed by atoms with Crippen molar-refractivity contribution < 1.29 is 9.90 Å². The Balaban J connectivity index is 2.29. The minimum absolute atomic E-state index is 0.464. The molecule has 0 aromatic heterocycles. The topological polar surface area (TPSA) is 40.5 Å². The standard InChI is InChI=1S/C12H15NO2/c1-2-6-13-7-9-4-3-5-10(12(14)15)11(9)8-13/h3-5H,2,6-8H2,1H3,(H,14,15). The van der Waals surface area contributed by atoms with E-state index in [9.17, 15) is 4.79 Å². The van der Waals surface area contributed by atoms with Crippen LogP contribution in [0.25, 0.3) is 0 Å². The number of hydrogen-bond donors (Lipinski definition) is 1. The van der Waals surface area contributed by atoms with Gasteiger partial charge >= 0.3 is 5.97 Å². The molecule has 1 aromatic rings. The maximum atomic E-state index is 11.0. The quantitative estimate of drug-likeness (QED) is 0.821. The lowest BCUT2D eigenvalue weighted by Crippen LogP contribution is -2.17. The van der Waals surface area contributed by atoms with Gasteiger partial charge in [0.25, 0.3) is 0 Å². The fraction of sp³-hybridized carbons (Fsp3) is 0.417. The second-order valence-corrected chi connectivity index (χ2v) is 3.96. The first kappa shape index (κ1) is 10.2. The van der Waals surface area contributed by atoms with E-state index in [1.165, 1.54) is 5.56 Å². The predicted molar refractivity (Wildman–Crippen MR) is 57.8 cm³/mol. The van der Waals surface area contributed by atoms with E-state index in [0.29, 0.717) is 5.56 Å². The first-order valence-corrected chi connectivity index (χ1v) is 5.28. The van der Waals surface area contributed by atoms with Gasteiger partial charge in [-0.2, -0.15) is 0 Å². The summed E-state index contributed by atoms with van der Waals surface area (Å²) in [6, 6.07) is 5.55. The minimum Gasteiger partial charge on any atom is -0.478 e. The van der Waals surface area contributed by atoms with Crippen LogP contribution in [-0.2, 0) is 13.1 Å². The van der Waals surface area contributed by atoms with Crippen molar-refractivity contribution in [2.75, 3.05) is 6.54 Å². The maximum absolute atomic E-state index is 11.0. The van der Waals surface area contributed by atoms with E-state index < -0.39 is 5.97 Å². The molecule has 0 atom stereocenters. The lowest BCUT2D eigenvalue weighted by Gasteiger charge is -2.12. The zero-order chi connectivity index (χ0) is 10.8. The third kappa shape index (κ3) is 1.88. The van der Waals surface area contributed by atoms with Crippen molar-refractivity contribution in [1.82, 2.24) is 4.90 Å². The summed E-state index contributed by atoms with van der Waals surface area (Å²) in [5, 5.41) is 9.05. The number of aromatic carboxylic acids is 1. The van der Waals surface area contributed by atoms with Gasteiger partial charge in [-0.15, -0.1) is 0 Å². The van der Waals surface area contributed by atoms with Crippen molar-refractivity contribution in [3.05, 3.63) is 34.9 Å². The number of nitrogens with zero attached hydrogens (tertiary/aromatic N) is 1. The number of fused-ring (bicyclic) bond motifs is 1. The largest absolute Gasteiger partial charge is 0.478 e. The third-order valence-corrected chi connectivity index (χ3v) is 2.82. The molecule has 2 rings (SSSR count). The molecule has 0 saturated heterocycles. The summed E-state index contributed by atoms with van der Waals surface area (Å²) < 4.78 is 0. The van der Waals surface area contributed by atoms with E-state index in [1.807, 2.05) is 12.1 Å². The van der Waals surface area contributed by atoms with Crippen LogP contribution in [0, 0.1) is 0 Å². The van der Waals surface area contributed by atoms with Gasteiger partial charge in [0, 0.05) is 13.1 Å². The smallest absolute Gasteiger partial charge is 0.336 e. The summed E-state index contributed by atoms with van der Waals surface area (Å²) in [6.07, 6.45) is 1.11. The molecule has 0 radical (unpaired) electrons. The first-order chi connectivity index (χ1) is 7.22. The number of carboxylic acid groups (broad SMARTS) is 1.